The number of Topliss-reactive ketones (excluding diaryl/α,β-unsaturated/α-hetero) is 1. The summed E-state index contributed by atoms with van der Waals surface area (Å²) in [4.78, 5) is 27.9. The molecule has 0 saturated heterocycles. The van der Waals surface area contributed by atoms with E-state index in [0.29, 0.717) is 28.0 Å². The Labute approximate surface area is 187 Å². The minimum absolute atomic E-state index is 0.0536. The van der Waals surface area contributed by atoms with Crippen LogP contribution in [0.1, 0.15) is 27.9 Å². The zero-order chi connectivity index (χ0) is 23.1. The molecule has 0 bridgehead atoms. The number of para-hydroxylation sites is 1. The van der Waals surface area contributed by atoms with Gasteiger partial charge in [-0.2, -0.15) is 5.26 Å². The second-order valence-corrected chi connectivity index (χ2v) is 7.33. The molecule has 0 aliphatic carbocycles. The fraction of sp³-hybridized carbons (Fsp3) is 0.0800. The number of hydrogen-bond donors (Lipinski definition) is 1. The summed E-state index contributed by atoms with van der Waals surface area (Å²) in [6, 6.07) is 17.2. The van der Waals surface area contributed by atoms with E-state index in [1.54, 1.807) is 54.6 Å². The van der Waals surface area contributed by atoms with E-state index in [0.717, 1.165) is 0 Å². The molecule has 0 spiro atoms. The van der Waals surface area contributed by atoms with Gasteiger partial charge in [0.05, 0.1) is 30.6 Å². The standard InChI is InChI=1S/C25H16N2O6/c1-31-18-5-2-4-15-12-19(33-24(15)18)22(28)20-21(17-6-3-11-32-17)27(25(30)23(20)29)16-9-7-14(13-26)8-10-16/h2-12,21,29H,1H3. The third kappa shape index (κ3) is 3.15. The van der Waals surface area contributed by atoms with E-state index in [1.807, 2.05) is 6.07 Å². The molecule has 1 N–H and O–H groups in total. The van der Waals surface area contributed by atoms with Crippen molar-refractivity contribution in [3.63, 3.8) is 0 Å². The number of aliphatic hydroxyl groups is 1. The predicted octanol–water partition coefficient (Wildman–Crippen LogP) is 4.69. The molecule has 8 nitrogen and oxygen atoms in total. The second-order valence-electron chi connectivity index (χ2n) is 7.33. The molecule has 33 heavy (non-hydrogen) atoms. The lowest BCUT2D eigenvalue weighted by molar-refractivity contribution is -0.117. The maximum atomic E-state index is 13.5. The number of nitriles is 1. The monoisotopic (exact) mass is 440 g/mol. The molecule has 1 atom stereocenters. The molecule has 0 fully saturated rings. The van der Waals surface area contributed by atoms with Crippen LogP contribution in [0.2, 0.25) is 0 Å². The van der Waals surface area contributed by atoms with Crippen LogP contribution in [0.5, 0.6) is 5.75 Å². The SMILES string of the molecule is COc1cccc2cc(C(=O)C3=C(O)C(=O)N(c4ccc(C#N)cc4)C3c3ccco3)oc12. The van der Waals surface area contributed by atoms with Gasteiger partial charge in [-0.25, -0.2) is 0 Å². The number of fused-ring (bicyclic) bond motifs is 1. The molecule has 5 rings (SSSR count). The van der Waals surface area contributed by atoms with Crippen LogP contribution in [0.4, 0.5) is 5.69 Å². The van der Waals surface area contributed by atoms with E-state index in [1.165, 1.54) is 24.3 Å². The Bertz CT molecular complexity index is 1460. The quantitative estimate of drug-likeness (QED) is 0.448. The van der Waals surface area contributed by atoms with Crippen LogP contribution in [-0.4, -0.2) is 23.9 Å². The number of carbonyl (C=O) groups excluding carboxylic acids is 2. The average molecular weight is 440 g/mol. The summed E-state index contributed by atoms with van der Waals surface area (Å²) >= 11 is 0. The molecular formula is C25H16N2O6. The van der Waals surface area contributed by atoms with Crippen molar-refractivity contribution in [2.24, 2.45) is 0 Å². The van der Waals surface area contributed by atoms with Crippen LogP contribution in [0.3, 0.4) is 0 Å². The molecule has 1 aliphatic heterocycles. The van der Waals surface area contributed by atoms with Gasteiger partial charge < -0.3 is 18.7 Å². The van der Waals surface area contributed by atoms with Crippen molar-refractivity contribution in [2.75, 3.05) is 12.0 Å². The Morgan fingerprint density at radius 1 is 1.15 bits per heavy atom. The maximum Gasteiger partial charge on any atom is 0.294 e. The maximum absolute atomic E-state index is 13.5. The van der Waals surface area contributed by atoms with Gasteiger partial charge in [0, 0.05) is 11.1 Å². The first-order chi connectivity index (χ1) is 16.0. The number of ketones is 1. The highest BCUT2D eigenvalue weighted by atomic mass is 16.5. The summed E-state index contributed by atoms with van der Waals surface area (Å²) in [7, 11) is 1.49. The van der Waals surface area contributed by atoms with Crippen LogP contribution in [0.15, 0.2) is 87.1 Å². The molecule has 3 heterocycles. The number of anilines is 1. The number of amides is 1. The fourth-order valence-electron chi connectivity index (χ4n) is 3.96. The summed E-state index contributed by atoms with van der Waals surface area (Å²) in [6.07, 6.45) is 1.42. The molecule has 2 aromatic carbocycles. The summed E-state index contributed by atoms with van der Waals surface area (Å²) < 4.78 is 16.6. The summed E-state index contributed by atoms with van der Waals surface area (Å²) in [5, 5.41) is 20.5. The molecule has 2 aromatic heterocycles. The smallest absolute Gasteiger partial charge is 0.294 e. The van der Waals surface area contributed by atoms with Crippen molar-refractivity contribution < 1.29 is 28.3 Å². The van der Waals surface area contributed by atoms with E-state index in [2.05, 4.69) is 0 Å². The van der Waals surface area contributed by atoms with Gasteiger partial charge in [0.1, 0.15) is 11.8 Å². The van der Waals surface area contributed by atoms with Gasteiger partial charge in [0.2, 0.25) is 5.78 Å². The number of rotatable bonds is 5. The minimum Gasteiger partial charge on any atom is -0.503 e. The third-order valence-corrected chi connectivity index (χ3v) is 5.49. The average Bonchev–Trinajstić information content (AvgIpc) is 3.57. The van der Waals surface area contributed by atoms with Crippen LogP contribution in [0, 0.1) is 11.3 Å². The van der Waals surface area contributed by atoms with E-state index in [-0.39, 0.29) is 17.1 Å². The first-order valence-electron chi connectivity index (χ1n) is 9.95. The van der Waals surface area contributed by atoms with Gasteiger partial charge in [-0.05, 0) is 48.5 Å². The minimum atomic E-state index is -1.02. The number of hydrogen-bond acceptors (Lipinski definition) is 7. The lowest BCUT2D eigenvalue weighted by atomic mass is 9.99. The lowest BCUT2D eigenvalue weighted by Gasteiger charge is -2.24. The molecule has 162 valence electrons. The number of aliphatic hydroxyl groups excluding tert-OH is 1. The Morgan fingerprint density at radius 2 is 1.94 bits per heavy atom. The van der Waals surface area contributed by atoms with Crippen molar-refractivity contribution in [2.45, 2.75) is 6.04 Å². The van der Waals surface area contributed by atoms with Crippen molar-refractivity contribution in [3.05, 3.63) is 95.3 Å². The van der Waals surface area contributed by atoms with Crippen LogP contribution in [0.25, 0.3) is 11.0 Å². The Morgan fingerprint density at radius 3 is 2.61 bits per heavy atom. The van der Waals surface area contributed by atoms with Crippen LogP contribution >= 0.6 is 0 Å². The first-order valence-corrected chi connectivity index (χ1v) is 9.95. The summed E-state index contributed by atoms with van der Waals surface area (Å²) in [6.45, 7) is 0. The Kier molecular flexibility index (Phi) is 4.72. The summed E-state index contributed by atoms with van der Waals surface area (Å²) in [5.41, 5.74) is 1.01. The van der Waals surface area contributed by atoms with E-state index < -0.39 is 23.5 Å². The molecule has 1 unspecified atom stereocenters. The molecule has 4 aromatic rings. The molecule has 1 aliphatic rings. The van der Waals surface area contributed by atoms with Gasteiger partial charge in [-0.3, -0.25) is 14.5 Å². The topological polar surface area (TPSA) is 117 Å². The Hall–Kier alpha value is -4.77. The van der Waals surface area contributed by atoms with Gasteiger partial charge in [-0.15, -0.1) is 0 Å². The van der Waals surface area contributed by atoms with Crippen molar-refractivity contribution in [1.29, 1.82) is 5.26 Å². The molecule has 0 saturated carbocycles. The molecule has 8 heteroatoms. The Balaban J connectivity index is 1.63. The number of benzene rings is 2. The predicted molar refractivity (Wildman–Crippen MR) is 117 cm³/mol. The van der Waals surface area contributed by atoms with Crippen LogP contribution in [-0.2, 0) is 4.79 Å². The number of ether oxygens (including phenoxy) is 1. The van der Waals surface area contributed by atoms with Crippen molar-refractivity contribution >= 4 is 28.3 Å². The van der Waals surface area contributed by atoms with Crippen molar-refractivity contribution in [3.8, 4) is 11.8 Å². The first kappa shape index (κ1) is 20.2. The van der Waals surface area contributed by atoms with Gasteiger partial charge in [-0.1, -0.05) is 12.1 Å². The largest absolute Gasteiger partial charge is 0.503 e. The lowest BCUT2D eigenvalue weighted by Crippen LogP contribution is -2.30. The third-order valence-electron chi connectivity index (χ3n) is 5.49. The van der Waals surface area contributed by atoms with Gasteiger partial charge in [0.25, 0.3) is 5.91 Å². The van der Waals surface area contributed by atoms with E-state index in [9.17, 15) is 14.7 Å². The van der Waals surface area contributed by atoms with E-state index >= 15 is 0 Å². The second kappa shape index (κ2) is 7.73. The number of methoxy groups -OCH3 is 1. The van der Waals surface area contributed by atoms with Crippen molar-refractivity contribution in [1.82, 2.24) is 0 Å². The fourth-order valence-corrected chi connectivity index (χ4v) is 3.96. The van der Waals surface area contributed by atoms with Crippen LogP contribution < -0.4 is 9.64 Å². The van der Waals surface area contributed by atoms with Gasteiger partial charge in [0.15, 0.2) is 22.9 Å². The highest BCUT2D eigenvalue weighted by Gasteiger charge is 2.46. The van der Waals surface area contributed by atoms with Gasteiger partial charge >= 0.3 is 0 Å². The van der Waals surface area contributed by atoms with E-state index in [4.69, 9.17) is 18.8 Å². The molecule has 0 radical (unpaired) electrons. The molecule has 1 amide bonds. The number of nitrogens with zero attached hydrogens (tertiary/aromatic N) is 2. The zero-order valence-corrected chi connectivity index (χ0v) is 17.3. The number of furan rings is 2. The summed E-state index contributed by atoms with van der Waals surface area (Å²) in [5.74, 6) is -1.43. The zero-order valence-electron chi connectivity index (χ0n) is 17.3. The highest BCUT2D eigenvalue weighted by molar-refractivity contribution is 6.20. The molecular weight excluding hydrogens is 424 g/mol. The normalized spacial score (nSPS) is 15.8. The highest BCUT2D eigenvalue weighted by Crippen LogP contribution is 2.42. The number of carbonyl (C=O) groups is 2.